The average Bonchev–Trinajstić information content (AvgIpc) is 3.06. The van der Waals surface area contributed by atoms with Crippen molar-refractivity contribution in [3.63, 3.8) is 0 Å². The van der Waals surface area contributed by atoms with E-state index in [2.05, 4.69) is 23.4 Å². The van der Waals surface area contributed by atoms with Crippen LogP contribution >= 0.6 is 11.8 Å². The molecule has 1 unspecified atom stereocenters. The van der Waals surface area contributed by atoms with Gasteiger partial charge in [-0.05, 0) is 51.7 Å². The lowest BCUT2D eigenvalue weighted by molar-refractivity contribution is -0.133. The van der Waals surface area contributed by atoms with Gasteiger partial charge in [0.2, 0.25) is 5.91 Å². The van der Waals surface area contributed by atoms with Crippen LogP contribution in [0.3, 0.4) is 0 Å². The number of rotatable bonds is 2. The second-order valence-electron chi connectivity index (χ2n) is 5.78. The first-order valence-electron chi connectivity index (χ1n) is 6.79. The predicted molar refractivity (Wildman–Crippen MR) is 71.0 cm³/mol. The Kier molecular flexibility index (Phi) is 2.90. The van der Waals surface area contributed by atoms with Crippen LogP contribution in [0.15, 0.2) is 0 Å². The molecule has 2 saturated carbocycles. The van der Waals surface area contributed by atoms with Crippen molar-refractivity contribution in [1.29, 1.82) is 0 Å². The van der Waals surface area contributed by atoms with Crippen LogP contribution in [-0.2, 0) is 4.79 Å². The lowest BCUT2D eigenvalue weighted by atomic mass is 9.93. The van der Waals surface area contributed by atoms with E-state index >= 15 is 0 Å². The lowest BCUT2D eigenvalue weighted by Crippen LogP contribution is -2.45. The Morgan fingerprint density at radius 2 is 1.94 bits per heavy atom. The summed E-state index contributed by atoms with van der Waals surface area (Å²) in [6, 6.07) is 0.494. The quantitative estimate of drug-likeness (QED) is 0.818. The molecule has 1 amide bonds. The molecule has 3 fully saturated rings. The smallest absolute Gasteiger partial charge is 0.244 e. The van der Waals surface area contributed by atoms with Crippen LogP contribution in [0.2, 0.25) is 0 Å². The molecule has 17 heavy (non-hydrogen) atoms. The highest BCUT2D eigenvalue weighted by Crippen LogP contribution is 2.44. The maximum atomic E-state index is 12.4. The van der Waals surface area contributed by atoms with E-state index in [-0.39, 0.29) is 11.7 Å². The average molecular weight is 254 g/mol. The van der Waals surface area contributed by atoms with E-state index in [0.29, 0.717) is 11.9 Å². The number of hydrogen-bond acceptors (Lipinski definition) is 3. The fourth-order valence-electron chi connectivity index (χ4n) is 3.48. The first-order valence-corrected chi connectivity index (χ1v) is 8.08. The molecule has 1 saturated heterocycles. The zero-order valence-corrected chi connectivity index (χ0v) is 11.6. The number of nitrogens with one attached hydrogen (secondary N) is 1. The molecule has 0 aromatic carbocycles. The molecule has 3 rings (SSSR count). The minimum absolute atomic E-state index is 0.129. The monoisotopic (exact) mass is 254 g/mol. The highest BCUT2D eigenvalue weighted by Gasteiger charge is 2.59. The number of thioether (sulfide) groups is 1. The molecule has 0 radical (unpaired) electrons. The van der Waals surface area contributed by atoms with Gasteiger partial charge in [0.25, 0.3) is 0 Å². The first-order chi connectivity index (χ1) is 8.16. The molecule has 1 atom stereocenters. The van der Waals surface area contributed by atoms with Crippen LogP contribution in [0, 0.1) is 0 Å². The van der Waals surface area contributed by atoms with Gasteiger partial charge < -0.3 is 4.90 Å². The van der Waals surface area contributed by atoms with Gasteiger partial charge in [-0.25, -0.2) is 0 Å². The summed E-state index contributed by atoms with van der Waals surface area (Å²) in [5, 5.41) is 4.32. The number of nitrogens with zero attached hydrogens (tertiary/aromatic N) is 1. The Balaban J connectivity index is 1.67. The summed E-state index contributed by atoms with van der Waals surface area (Å²) in [7, 11) is 0. The number of carbonyl (C=O) groups excluding carboxylic acids is 1. The van der Waals surface area contributed by atoms with Gasteiger partial charge in [0.1, 0.15) is 0 Å². The molecule has 1 N–H and O–H groups in total. The number of amides is 1. The van der Waals surface area contributed by atoms with Gasteiger partial charge in [-0.15, -0.1) is 0 Å². The highest BCUT2D eigenvalue weighted by atomic mass is 32.2. The van der Waals surface area contributed by atoms with Crippen LogP contribution in [0.5, 0.6) is 0 Å². The van der Waals surface area contributed by atoms with Gasteiger partial charge in [0, 0.05) is 11.3 Å². The molecule has 1 heterocycles. The standard InChI is InChI=1S/C13H22N2OS/c1-9-14-13(7-8-13)12(16)15(9)10-3-5-11(17-2)6-4-10/h9-11,14H,3-8H2,1-2H3. The number of hydrogen-bond donors (Lipinski definition) is 1. The molecule has 96 valence electrons. The maximum Gasteiger partial charge on any atom is 0.244 e. The summed E-state index contributed by atoms with van der Waals surface area (Å²) in [6.07, 6.45) is 9.49. The molecule has 1 spiro atoms. The molecule has 0 aromatic heterocycles. The van der Waals surface area contributed by atoms with Gasteiger partial charge in [-0.2, -0.15) is 11.8 Å². The Morgan fingerprint density at radius 3 is 2.41 bits per heavy atom. The van der Waals surface area contributed by atoms with Crippen molar-refractivity contribution in [1.82, 2.24) is 10.2 Å². The second kappa shape index (κ2) is 4.16. The van der Waals surface area contributed by atoms with E-state index in [0.717, 1.165) is 18.1 Å². The summed E-state index contributed by atoms with van der Waals surface area (Å²) in [5.41, 5.74) is -0.129. The molecule has 3 aliphatic rings. The Hall–Kier alpha value is -0.220. The summed E-state index contributed by atoms with van der Waals surface area (Å²) in [6.45, 7) is 2.14. The fourth-order valence-corrected chi connectivity index (χ4v) is 4.22. The van der Waals surface area contributed by atoms with Crippen molar-refractivity contribution in [3.8, 4) is 0 Å². The first kappa shape index (κ1) is 11.8. The fraction of sp³-hybridized carbons (Fsp3) is 0.923. The SMILES string of the molecule is CSC1CCC(N2C(=O)C3(CC3)NC2C)CC1. The van der Waals surface area contributed by atoms with Crippen molar-refractivity contribution in [3.05, 3.63) is 0 Å². The molecule has 4 heteroatoms. The van der Waals surface area contributed by atoms with Crippen molar-refractivity contribution in [2.24, 2.45) is 0 Å². The van der Waals surface area contributed by atoms with Gasteiger partial charge in [0.15, 0.2) is 0 Å². The van der Waals surface area contributed by atoms with E-state index in [1.54, 1.807) is 0 Å². The Bertz CT molecular complexity index is 321. The van der Waals surface area contributed by atoms with Crippen LogP contribution in [0.4, 0.5) is 0 Å². The predicted octanol–water partition coefficient (Wildman–Crippen LogP) is 1.97. The zero-order valence-electron chi connectivity index (χ0n) is 10.7. The highest BCUT2D eigenvalue weighted by molar-refractivity contribution is 7.99. The Morgan fingerprint density at radius 1 is 1.29 bits per heavy atom. The summed E-state index contributed by atoms with van der Waals surface area (Å²) < 4.78 is 0. The molecule has 2 aliphatic carbocycles. The van der Waals surface area contributed by atoms with Gasteiger partial charge in [-0.3, -0.25) is 10.1 Å². The van der Waals surface area contributed by atoms with Crippen molar-refractivity contribution in [2.45, 2.75) is 68.4 Å². The van der Waals surface area contributed by atoms with Crippen molar-refractivity contribution >= 4 is 17.7 Å². The van der Waals surface area contributed by atoms with E-state index in [9.17, 15) is 4.79 Å². The van der Waals surface area contributed by atoms with E-state index in [1.165, 1.54) is 25.7 Å². The minimum atomic E-state index is -0.129. The summed E-state index contributed by atoms with van der Waals surface area (Å²) in [4.78, 5) is 14.6. The van der Waals surface area contributed by atoms with Crippen molar-refractivity contribution in [2.75, 3.05) is 6.26 Å². The third kappa shape index (κ3) is 1.89. The molecule has 3 nitrogen and oxygen atoms in total. The molecule has 0 aromatic rings. The third-order valence-corrected chi connectivity index (χ3v) is 5.80. The van der Waals surface area contributed by atoms with E-state index < -0.39 is 0 Å². The van der Waals surface area contributed by atoms with Gasteiger partial charge >= 0.3 is 0 Å². The summed E-state index contributed by atoms with van der Waals surface area (Å²) >= 11 is 1.98. The molecular weight excluding hydrogens is 232 g/mol. The lowest BCUT2D eigenvalue weighted by Gasteiger charge is -2.36. The molecular formula is C13H22N2OS. The summed E-state index contributed by atoms with van der Waals surface area (Å²) in [5.74, 6) is 0.387. The number of carbonyl (C=O) groups is 1. The van der Waals surface area contributed by atoms with Gasteiger partial charge in [-0.1, -0.05) is 0 Å². The topological polar surface area (TPSA) is 32.3 Å². The normalized spacial score (nSPS) is 40.0. The minimum Gasteiger partial charge on any atom is -0.323 e. The second-order valence-corrected chi connectivity index (χ2v) is 6.92. The van der Waals surface area contributed by atoms with Gasteiger partial charge in [0.05, 0.1) is 11.7 Å². The van der Waals surface area contributed by atoms with Crippen LogP contribution in [-0.4, -0.2) is 40.1 Å². The van der Waals surface area contributed by atoms with Crippen LogP contribution in [0.25, 0.3) is 0 Å². The van der Waals surface area contributed by atoms with Crippen molar-refractivity contribution < 1.29 is 4.79 Å². The van der Waals surface area contributed by atoms with Crippen LogP contribution in [0.1, 0.15) is 45.4 Å². The Labute approximate surface area is 108 Å². The van der Waals surface area contributed by atoms with Crippen LogP contribution < -0.4 is 5.32 Å². The zero-order chi connectivity index (χ0) is 12.0. The largest absolute Gasteiger partial charge is 0.323 e. The third-order valence-electron chi connectivity index (χ3n) is 4.67. The van der Waals surface area contributed by atoms with E-state index in [1.807, 2.05) is 11.8 Å². The molecule has 0 bridgehead atoms. The van der Waals surface area contributed by atoms with E-state index in [4.69, 9.17) is 0 Å². The molecule has 1 aliphatic heterocycles. The maximum absolute atomic E-state index is 12.4.